The van der Waals surface area contributed by atoms with Gasteiger partial charge in [-0.3, -0.25) is 19.3 Å². The molecular formula is C28H23F3N6O4. The highest BCUT2D eigenvalue weighted by molar-refractivity contribution is 6.04. The Hall–Kier alpha value is -5.17. The van der Waals surface area contributed by atoms with Crippen molar-refractivity contribution in [1.29, 1.82) is 0 Å². The minimum Gasteiger partial charge on any atom is -0.453 e. The number of carbonyl (C=O) groups is 1. The molecule has 1 atom stereocenters. The van der Waals surface area contributed by atoms with Gasteiger partial charge in [-0.15, -0.1) is 0 Å². The van der Waals surface area contributed by atoms with Gasteiger partial charge in [0, 0.05) is 42.3 Å². The van der Waals surface area contributed by atoms with Crippen LogP contribution in [0.25, 0.3) is 16.7 Å². The van der Waals surface area contributed by atoms with Crippen LogP contribution in [0.1, 0.15) is 22.8 Å². The van der Waals surface area contributed by atoms with Crippen LogP contribution in [0, 0.1) is 24.4 Å². The molecule has 0 spiro atoms. The zero-order chi connectivity index (χ0) is 29.3. The number of pyridine rings is 2. The molecule has 210 valence electrons. The summed E-state index contributed by atoms with van der Waals surface area (Å²) >= 11 is 0. The van der Waals surface area contributed by atoms with Crippen molar-refractivity contribution in [1.82, 2.24) is 19.7 Å². The number of halogens is 3. The number of amides is 1. The van der Waals surface area contributed by atoms with E-state index in [9.17, 15) is 23.5 Å². The van der Waals surface area contributed by atoms with Gasteiger partial charge < -0.3 is 20.5 Å². The van der Waals surface area contributed by atoms with Gasteiger partial charge in [0.2, 0.25) is 0 Å². The number of fused-ring (bicyclic) bond motifs is 1. The summed E-state index contributed by atoms with van der Waals surface area (Å²) in [5, 5.41) is 22.2. The smallest absolute Gasteiger partial charge is 0.267 e. The average Bonchev–Trinajstić information content (AvgIpc) is 3.36. The van der Waals surface area contributed by atoms with Crippen LogP contribution < -0.4 is 20.9 Å². The molecule has 1 amide bonds. The molecule has 2 aromatic carbocycles. The molecule has 0 saturated heterocycles. The van der Waals surface area contributed by atoms with E-state index in [-0.39, 0.29) is 41.1 Å². The SMILES string of the molecule is Cc1cc(C(=O)Nc2ccc(Oc3ccnc4[nH]nc(N[C@H](C)CO)c34)c(F)c2)c(=O)n(-c2ccc(F)c(F)c2)c1. The third kappa shape index (κ3) is 5.61. The summed E-state index contributed by atoms with van der Waals surface area (Å²) in [5.41, 5.74) is -0.104. The van der Waals surface area contributed by atoms with Crippen molar-refractivity contribution in [2.24, 2.45) is 0 Å². The van der Waals surface area contributed by atoms with Gasteiger partial charge in [0.05, 0.1) is 12.3 Å². The fraction of sp³-hybridized carbons (Fsp3) is 0.143. The first-order chi connectivity index (χ1) is 19.6. The molecule has 0 unspecified atom stereocenters. The Morgan fingerprint density at radius 3 is 2.61 bits per heavy atom. The Bertz CT molecular complexity index is 1840. The number of hydrogen-bond donors (Lipinski definition) is 4. The molecule has 0 radical (unpaired) electrons. The van der Waals surface area contributed by atoms with Crippen molar-refractivity contribution < 1.29 is 27.8 Å². The van der Waals surface area contributed by atoms with Crippen molar-refractivity contribution in [2.45, 2.75) is 19.9 Å². The second-order valence-corrected chi connectivity index (χ2v) is 9.24. The van der Waals surface area contributed by atoms with Crippen LogP contribution in [0.2, 0.25) is 0 Å². The summed E-state index contributed by atoms with van der Waals surface area (Å²) in [6.07, 6.45) is 2.84. The zero-order valence-corrected chi connectivity index (χ0v) is 21.7. The summed E-state index contributed by atoms with van der Waals surface area (Å²) < 4.78 is 49.0. The number of ether oxygens (including phenoxy) is 1. The van der Waals surface area contributed by atoms with Gasteiger partial charge in [-0.2, -0.15) is 5.10 Å². The van der Waals surface area contributed by atoms with E-state index >= 15 is 4.39 Å². The molecule has 13 heteroatoms. The molecule has 10 nitrogen and oxygen atoms in total. The Balaban J connectivity index is 1.39. The first-order valence-electron chi connectivity index (χ1n) is 12.3. The fourth-order valence-electron chi connectivity index (χ4n) is 4.08. The first-order valence-corrected chi connectivity index (χ1v) is 12.3. The average molecular weight is 565 g/mol. The number of hydrogen-bond acceptors (Lipinski definition) is 7. The predicted octanol–water partition coefficient (Wildman–Crippen LogP) is 4.67. The third-order valence-corrected chi connectivity index (χ3v) is 6.07. The van der Waals surface area contributed by atoms with E-state index < -0.39 is 28.9 Å². The van der Waals surface area contributed by atoms with E-state index in [0.717, 1.165) is 22.8 Å². The Morgan fingerprint density at radius 2 is 1.88 bits per heavy atom. The molecule has 41 heavy (non-hydrogen) atoms. The topological polar surface area (TPSA) is 134 Å². The number of benzene rings is 2. The van der Waals surface area contributed by atoms with Gasteiger partial charge in [0.15, 0.2) is 34.7 Å². The van der Waals surface area contributed by atoms with Crippen LogP contribution in [0.5, 0.6) is 11.5 Å². The number of aromatic amines is 1. The number of aliphatic hydroxyl groups is 1. The molecule has 0 fully saturated rings. The van der Waals surface area contributed by atoms with Gasteiger partial charge in [-0.1, -0.05) is 0 Å². The molecule has 4 N–H and O–H groups in total. The van der Waals surface area contributed by atoms with Gasteiger partial charge in [0.1, 0.15) is 16.7 Å². The molecule has 5 rings (SSSR count). The van der Waals surface area contributed by atoms with Crippen LogP contribution in [-0.2, 0) is 0 Å². The number of aromatic nitrogens is 4. The zero-order valence-electron chi connectivity index (χ0n) is 21.7. The Kier molecular flexibility index (Phi) is 7.44. The number of rotatable bonds is 8. The quantitative estimate of drug-likeness (QED) is 0.215. The molecule has 5 aromatic rings. The summed E-state index contributed by atoms with van der Waals surface area (Å²) in [4.78, 5) is 30.2. The lowest BCUT2D eigenvalue weighted by atomic mass is 10.1. The molecule has 3 heterocycles. The fourth-order valence-corrected chi connectivity index (χ4v) is 4.08. The predicted molar refractivity (Wildman–Crippen MR) is 145 cm³/mol. The minimum atomic E-state index is -1.15. The van der Waals surface area contributed by atoms with E-state index in [1.54, 1.807) is 13.8 Å². The number of anilines is 2. The molecule has 0 saturated carbocycles. The van der Waals surface area contributed by atoms with Crippen molar-refractivity contribution in [2.75, 3.05) is 17.2 Å². The van der Waals surface area contributed by atoms with Crippen LogP contribution in [0.15, 0.2) is 65.7 Å². The van der Waals surface area contributed by atoms with Crippen molar-refractivity contribution in [3.05, 3.63) is 99.9 Å². The van der Waals surface area contributed by atoms with Crippen molar-refractivity contribution in [3.63, 3.8) is 0 Å². The van der Waals surface area contributed by atoms with Crippen LogP contribution >= 0.6 is 0 Å². The lowest BCUT2D eigenvalue weighted by Gasteiger charge is -2.13. The van der Waals surface area contributed by atoms with Crippen molar-refractivity contribution >= 4 is 28.4 Å². The second-order valence-electron chi connectivity index (χ2n) is 9.24. The molecule has 0 aliphatic rings. The lowest BCUT2D eigenvalue weighted by molar-refractivity contribution is 0.102. The van der Waals surface area contributed by atoms with E-state index in [0.29, 0.717) is 22.4 Å². The normalized spacial score (nSPS) is 11.9. The van der Waals surface area contributed by atoms with Crippen LogP contribution in [0.3, 0.4) is 0 Å². The van der Waals surface area contributed by atoms with Gasteiger partial charge in [-0.25, -0.2) is 18.2 Å². The van der Waals surface area contributed by atoms with Crippen LogP contribution in [-0.4, -0.2) is 43.4 Å². The van der Waals surface area contributed by atoms with Crippen molar-refractivity contribution in [3.8, 4) is 17.2 Å². The maximum absolute atomic E-state index is 15.1. The Labute approximate surface area is 230 Å². The van der Waals surface area contributed by atoms with E-state index in [1.165, 1.54) is 42.7 Å². The highest BCUT2D eigenvalue weighted by Crippen LogP contribution is 2.34. The molecule has 0 aliphatic heterocycles. The third-order valence-electron chi connectivity index (χ3n) is 6.07. The number of nitrogens with zero attached hydrogens (tertiary/aromatic N) is 3. The summed E-state index contributed by atoms with van der Waals surface area (Å²) in [7, 11) is 0. The monoisotopic (exact) mass is 564 g/mol. The Morgan fingerprint density at radius 1 is 1.07 bits per heavy atom. The summed E-state index contributed by atoms with van der Waals surface area (Å²) in [5.74, 6) is -3.41. The molecule has 3 aromatic heterocycles. The number of aliphatic hydroxyl groups excluding tert-OH is 1. The largest absolute Gasteiger partial charge is 0.453 e. The summed E-state index contributed by atoms with van der Waals surface area (Å²) in [6, 6.07) is 9.20. The van der Waals surface area contributed by atoms with E-state index in [1.807, 2.05) is 0 Å². The maximum Gasteiger partial charge on any atom is 0.267 e. The molecular weight excluding hydrogens is 541 g/mol. The number of H-pyrrole nitrogens is 1. The molecule has 0 aliphatic carbocycles. The van der Waals surface area contributed by atoms with Gasteiger partial charge >= 0.3 is 0 Å². The maximum atomic E-state index is 15.1. The first kappa shape index (κ1) is 27.4. The standard InChI is InChI=1S/C28H23F3N6O4/c1-14-9-18(28(40)37(12-14)17-4-5-19(29)20(30)11-17)27(39)34-16-3-6-22(21(31)10-16)41-23-7-8-32-25-24(23)26(36-35-25)33-15(2)13-38/h3-12,15,38H,13H2,1-2H3,(H,34,39)(H2,32,33,35,36)/t15-/m1/s1. The number of carbonyl (C=O) groups excluding carboxylic acids is 1. The van der Waals surface area contributed by atoms with Gasteiger partial charge in [0.25, 0.3) is 11.5 Å². The number of aryl methyl sites for hydroxylation is 1. The second kappa shape index (κ2) is 11.1. The number of nitrogens with one attached hydrogen (secondary N) is 3. The van der Waals surface area contributed by atoms with Gasteiger partial charge in [-0.05, 0) is 49.7 Å². The van der Waals surface area contributed by atoms with Crippen LogP contribution in [0.4, 0.5) is 24.7 Å². The van der Waals surface area contributed by atoms with E-state index in [2.05, 4.69) is 25.8 Å². The molecule has 0 bridgehead atoms. The summed E-state index contributed by atoms with van der Waals surface area (Å²) in [6.45, 7) is 3.23. The van der Waals surface area contributed by atoms with E-state index in [4.69, 9.17) is 4.74 Å². The highest BCUT2D eigenvalue weighted by atomic mass is 19.2. The highest BCUT2D eigenvalue weighted by Gasteiger charge is 2.19. The minimum absolute atomic E-state index is 0.0335. The lowest BCUT2D eigenvalue weighted by Crippen LogP contribution is -2.28.